The lowest BCUT2D eigenvalue weighted by molar-refractivity contribution is 0.325. The van der Waals surface area contributed by atoms with Crippen molar-refractivity contribution >= 4 is 11.2 Å². The van der Waals surface area contributed by atoms with Crippen molar-refractivity contribution < 1.29 is 0 Å². The molecule has 0 radical (unpaired) electrons. The zero-order valence-corrected chi connectivity index (χ0v) is 11.3. The summed E-state index contributed by atoms with van der Waals surface area (Å²) in [6, 6.07) is 5.13. The summed E-state index contributed by atoms with van der Waals surface area (Å²) in [6.07, 6.45) is 8.59. The first kappa shape index (κ1) is 11.4. The fourth-order valence-corrected chi connectivity index (χ4v) is 3.87. The highest BCUT2D eigenvalue weighted by Crippen LogP contribution is 2.39. The van der Waals surface area contributed by atoms with E-state index in [0.29, 0.717) is 12.1 Å². The number of hydrogen-bond acceptors (Lipinski definition) is 3. The third kappa shape index (κ3) is 1.77. The van der Waals surface area contributed by atoms with Crippen LogP contribution in [0.4, 0.5) is 0 Å². The van der Waals surface area contributed by atoms with E-state index in [2.05, 4.69) is 21.9 Å². The zero-order valence-electron chi connectivity index (χ0n) is 11.3. The second-order valence-corrected chi connectivity index (χ2v) is 5.98. The molecule has 4 nitrogen and oxygen atoms in total. The third-order valence-corrected chi connectivity index (χ3v) is 4.84. The summed E-state index contributed by atoms with van der Waals surface area (Å²) in [4.78, 5) is 9.23. The van der Waals surface area contributed by atoms with Gasteiger partial charge in [-0.15, -0.1) is 0 Å². The number of aryl methyl sites for hydroxylation is 1. The van der Waals surface area contributed by atoms with Crippen molar-refractivity contribution in [3.8, 4) is 0 Å². The molecule has 3 atom stereocenters. The molecule has 100 valence electrons. The van der Waals surface area contributed by atoms with Crippen LogP contribution < -0.4 is 5.32 Å². The van der Waals surface area contributed by atoms with Crippen molar-refractivity contribution in [1.82, 2.24) is 19.9 Å². The second kappa shape index (κ2) is 4.30. The summed E-state index contributed by atoms with van der Waals surface area (Å²) in [5.74, 6) is 2.01. The highest BCUT2D eigenvalue weighted by molar-refractivity contribution is 5.71. The van der Waals surface area contributed by atoms with Gasteiger partial charge in [-0.3, -0.25) is 0 Å². The molecule has 1 aliphatic carbocycles. The minimum Gasteiger partial charge on any atom is -0.315 e. The quantitative estimate of drug-likeness (QED) is 0.852. The first-order valence-electron chi connectivity index (χ1n) is 7.36. The van der Waals surface area contributed by atoms with Gasteiger partial charge in [-0.2, -0.15) is 0 Å². The van der Waals surface area contributed by atoms with Crippen LogP contribution in [0.3, 0.4) is 0 Å². The molecule has 1 aliphatic heterocycles. The van der Waals surface area contributed by atoms with Gasteiger partial charge in [-0.05, 0) is 37.3 Å². The highest BCUT2D eigenvalue weighted by Gasteiger charge is 2.37. The Labute approximate surface area is 113 Å². The Morgan fingerprint density at radius 2 is 2.21 bits per heavy atom. The summed E-state index contributed by atoms with van der Waals surface area (Å²) in [7, 11) is 2.08. The molecule has 0 spiro atoms. The highest BCUT2D eigenvalue weighted by atomic mass is 15.2. The summed E-state index contributed by atoms with van der Waals surface area (Å²) in [5, 5.41) is 3.80. The number of hydrogen-bond donors (Lipinski definition) is 1. The van der Waals surface area contributed by atoms with Crippen LogP contribution in [0.1, 0.15) is 44.0 Å². The summed E-state index contributed by atoms with van der Waals surface area (Å²) < 4.78 is 2.16. The van der Waals surface area contributed by atoms with E-state index in [0.717, 1.165) is 22.9 Å². The van der Waals surface area contributed by atoms with Gasteiger partial charge in [0.15, 0.2) is 5.65 Å². The van der Waals surface area contributed by atoms with Crippen LogP contribution in [-0.4, -0.2) is 20.6 Å². The van der Waals surface area contributed by atoms with E-state index in [9.17, 15) is 0 Å². The van der Waals surface area contributed by atoms with E-state index < -0.39 is 0 Å². The van der Waals surface area contributed by atoms with Crippen LogP contribution in [0.2, 0.25) is 0 Å². The van der Waals surface area contributed by atoms with Crippen molar-refractivity contribution in [2.75, 3.05) is 0 Å². The van der Waals surface area contributed by atoms with Crippen LogP contribution in [0.5, 0.6) is 0 Å². The van der Waals surface area contributed by atoms with Crippen molar-refractivity contribution in [3.05, 3.63) is 24.2 Å². The smallest absolute Gasteiger partial charge is 0.159 e. The SMILES string of the molecule is Cn1c(C2CC3CCCCC3N2)nc2cccnc21. The van der Waals surface area contributed by atoms with E-state index >= 15 is 0 Å². The number of imidazole rings is 1. The Morgan fingerprint density at radius 3 is 3.05 bits per heavy atom. The molecule has 2 fully saturated rings. The van der Waals surface area contributed by atoms with Gasteiger partial charge >= 0.3 is 0 Å². The normalized spacial score (nSPS) is 30.7. The van der Waals surface area contributed by atoms with Crippen molar-refractivity contribution in [3.63, 3.8) is 0 Å². The fraction of sp³-hybridized carbons (Fsp3) is 0.600. The van der Waals surface area contributed by atoms with Crippen molar-refractivity contribution in [2.24, 2.45) is 13.0 Å². The first-order valence-corrected chi connectivity index (χ1v) is 7.36. The van der Waals surface area contributed by atoms with Gasteiger partial charge in [0, 0.05) is 19.3 Å². The van der Waals surface area contributed by atoms with E-state index in [1.807, 2.05) is 18.3 Å². The Kier molecular flexibility index (Phi) is 2.58. The standard InChI is InChI=1S/C15H20N4/c1-19-14-12(7-4-8-16-14)18-15(19)13-9-10-5-2-3-6-11(10)17-13/h4,7-8,10-11,13,17H,2-3,5-6,9H2,1H3. The van der Waals surface area contributed by atoms with E-state index in [-0.39, 0.29) is 0 Å². The maximum absolute atomic E-state index is 4.79. The Bertz CT molecular complexity index is 589. The average Bonchev–Trinajstić information content (AvgIpc) is 3.00. The van der Waals surface area contributed by atoms with Gasteiger partial charge in [-0.1, -0.05) is 12.8 Å². The third-order valence-electron chi connectivity index (χ3n) is 4.84. The van der Waals surface area contributed by atoms with Crippen LogP contribution >= 0.6 is 0 Å². The number of nitrogens with zero attached hydrogens (tertiary/aromatic N) is 3. The number of fused-ring (bicyclic) bond motifs is 2. The largest absolute Gasteiger partial charge is 0.315 e. The van der Waals surface area contributed by atoms with Crippen LogP contribution in [-0.2, 0) is 7.05 Å². The summed E-state index contributed by atoms with van der Waals surface area (Å²) in [6.45, 7) is 0. The summed E-state index contributed by atoms with van der Waals surface area (Å²) >= 11 is 0. The molecule has 0 bridgehead atoms. The van der Waals surface area contributed by atoms with Crippen molar-refractivity contribution in [2.45, 2.75) is 44.2 Å². The molecule has 3 heterocycles. The maximum atomic E-state index is 4.79. The predicted octanol–water partition coefficient (Wildman–Crippen LogP) is 2.56. The Balaban J connectivity index is 1.69. The molecular weight excluding hydrogens is 236 g/mol. The molecule has 2 aromatic heterocycles. The number of pyridine rings is 1. The lowest BCUT2D eigenvalue weighted by atomic mass is 9.85. The minimum atomic E-state index is 0.410. The average molecular weight is 256 g/mol. The fourth-order valence-electron chi connectivity index (χ4n) is 3.87. The monoisotopic (exact) mass is 256 g/mol. The molecule has 4 rings (SSSR count). The molecule has 4 heteroatoms. The molecule has 0 amide bonds. The van der Waals surface area contributed by atoms with E-state index in [4.69, 9.17) is 4.98 Å². The summed E-state index contributed by atoms with van der Waals surface area (Å²) in [5.41, 5.74) is 2.01. The van der Waals surface area contributed by atoms with Gasteiger partial charge in [0.1, 0.15) is 11.3 Å². The first-order chi connectivity index (χ1) is 9.33. The number of aromatic nitrogens is 3. The molecule has 2 aliphatic rings. The molecule has 0 aromatic carbocycles. The van der Waals surface area contributed by atoms with Gasteiger partial charge in [0.05, 0.1) is 6.04 Å². The molecule has 1 saturated heterocycles. The maximum Gasteiger partial charge on any atom is 0.159 e. The lowest BCUT2D eigenvalue weighted by Gasteiger charge is -2.24. The molecule has 2 aromatic rings. The number of nitrogens with one attached hydrogen (secondary N) is 1. The molecule has 19 heavy (non-hydrogen) atoms. The predicted molar refractivity (Wildman–Crippen MR) is 74.7 cm³/mol. The van der Waals surface area contributed by atoms with Gasteiger partial charge in [0.2, 0.25) is 0 Å². The van der Waals surface area contributed by atoms with Gasteiger partial charge in [0.25, 0.3) is 0 Å². The van der Waals surface area contributed by atoms with Gasteiger partial charge in [-0.25, -0.2) is 9.97 Å². The van der Waals surface area contributed by atoms with Crippen LogP contribution in [0.25, 0.3) is 11.2 Å². The lowest BCUT2D eigenvalue weighted by Crippen LogP contribution is -2.31. The Morgan fingerprint density at radius 1 is 1.32 bits per heavy atom. The van der Waals surface area contributed by atoms with Crippen molar-refractivity contribution in [1.29, 1.82) is 0 Å². The van der Waals surface area contributed by atoms with Gasteiger partial charge < -0.3 is 9.88 Å². The van der Waals surface area contributed by atoms with E-state index in [1.54, 1.807) is 0 Å². The minimum absolute atomic E-state index is 0.410. The molecule has 3 unspecified atom stereocenters. The van der Waals surface area contributed by atoms with Crippen LogP contribution in [0, 0.1) is 5.92 Å². The molecule has 1 N–H and O–H groups in total. The number of rotatable bonds is 1. The molecular formula is C15H20N4. The van der Waals surface area contributed by atoms with E-state index in [1.165, 1.54) is 32.1 Å². The topological polar surface area (TPSA) is 42.7 Å². The molecule has 1 saturated carbocycles. The zero-order chi connectivity index (χ0) is 12.8. The second-order valence-electron chi connectivity index (χ2n) is 5.98. The van der Waals surface area contributed by atoms with Crippen LogP contribution in [0.15, 0.2) is 18.3 Å². The Hall–Kier alpha value is -1.42.